The van der Waals surface area contributed by atoms with Crippen molar-refractivity contribution in [1.82, 2.24) is 4.31 Å². The number of anilines is 1. The Morgan fingerprint density at radius 1 is 1.07 bits per heavy atom. The van der Waals surface area contributed by atoms with Gasteiger partial charge in [0.25, 0.3) is 5.91 Å². The first-order chi connectivity index (χ1) is 13.1. The van der Waals surface area contributed by atoms with Gasteiger partial charge in [-0.2, -0.15) is 4.31 Å². The Balaban J connectivity index is 1.94. The van der Waals surface area contributed by atoms with Crippen LogP contribution in [0.15, 0.2) is 53.4 Å². The normalized spacial score (nSPS) is 13.0. The molecular formula is C21H30N3O3S+. The minimum absolute atomic E-state index is 0.112. The van der Waals surface area contributed by atoms with Crippen LogP contribution in [0.1, 0.15) is 25.0 Å². The molecule has 0 spiro atoms. The molecule has 0 fully saturated rings. The molecule has 1 atom stereocenters. The van der Waals surface area contributed by atoms with Gasteiger partial charge in [-0.05, 0) is 45.0 Å². The van der Waals surface area contributed by atoms with Crippen LogP contribution in [0.5, 0.6) is 0 Å². The van der Waals surface area contributed by atoms with Crippen molar-refractivity contribution in [2.45, 2.75) is 38.3 Å². The molecule has 7 heteroatoms. The summed E-state index contributed by atoms with van der Waals surface area (Å²) >= 11 is 0. The SMILES string of the molecule is Cc1ccc(C[NH+](C)CC(=O)Nc2ccc(S(=O)(=O)N(C)C(C)C)cc2)cc1. The summed E-state index contributed by atoms with van der Waals surface area (Å²) in [5.74, 6) is -0.112. The van der Waals surface area contributed by atoms with Crippen LogP contribution in [0.4, 0.5) is 5.69 Å². The fraction of sp³-hybridized carbons (Fsp3) is 0.381. The predicted octanol–water partition coefficient (Wildman–Crippen LogP) is 1.68. The van der Waals surface area contributed by atoms with Crippen LogP contribution in [0.2, 0.25) is 0 Å². The van der Waals surface area contributed by atoms with Gasteiger partial charge < -0.3 is 10.2 Å². The Bertz CT molecular complexity index is 891. The Labute approximate surface area is 168 Å². The number of carbonyl (C=O) groups is 1. The summed E-state index contributed by atoms with van der Waals surface area (Å²) in [6.45, 7) is 6.77. The lowest BCUT2D eigenvalue weighted by Gasteiger charge is -2.21. The number of aryl methyl sites for hydroxylation is 1. The van der Waals surface area contributed by atoms with Crippen LogP contribution in [0.25, 0.3) is 0 Å². The number of sulfonamides is 1. The average molecular weight is 405 g/mol. The van der Waals surface area contributed by atoms with Crippen molar-refractivity contribution >= 4 is 21.6 Å². The Hall–Kier alpha value is -2.22. The molecule has 0 aliphatic rings. The summed E-state index contributed by atoms with van der Waals surface area (Å²) in [6, 6.07) is 14.4. The number of hydrogen-bond acceptors (Lipinski definition) is 3. The minimum Gasteiger partial charge on any atom is -0.326 e. The molecule has 2 rings (SSSR count). The summed E-state index contributed by atoms with van der Waals surface area (Å²) in [5.41, 5.74) is 2.98. The van der Waals surface area contributed by atoms with E-state index in [-0.39, 0.29) is 16.8 Å². The third kappa shape index (κ3) is 5.89. The van der Waals surface area contributed by atoms with Crippen LogP contribution < -0.4 is 10.2 Å². The summed E-state index contributed by atoms with van der Waals surface area (Å²) in [4.78, 5) is 13.6. The average Bonchev–Trinajstić information content (AvgIpc) is 2.63. The second-order valence-corrected chi connectivity index (χ2v) is 9.48. The van der Waals surface area contributed by atoms with Gasteiger partial charge in [-0.1, -0.05) is 29.8 Å². The van der Waals surface area contributed by atoms with Gasteiger partial charge in [0.1, 0.15) is 6.54 Å². The Morgan fingerprint density at radius 2 is 1.64 bits per heavy atom. The quantitative estimate of drug-likeness (QED) is 0.703. The van der Waals surface area contributed by atoms with E-state index in [0.29, 0.717) is 12.2 Å². The number of likely N-dealkylation sites (N-methyl/N-ethyl adjacent to an activating group) is 1. The highest BCUT2D eigenvalue weighted by molar-refractivity contribution is 7.89. The number of nitrogens with zero attached hydrogens (tertiary/aromatic N) is 1. The van der Waals surface area contributed by atoms with Crippen molar-refractivity contribution in [1.29, 1.82) is 0 Å². The maximum absolute atomic E-state index is 12.5. The van der Waals surface area contributed by atoms with Crippen LogP contribution >= 0.6 is 0 Å². The molecule has 1 unspecified atom stereocenters. The second kappa shape index (κ2) is 9.32. The number of rotatable bonds is 8. The minimum atomic E-state index is -3.52. The molecule has 1 amide bonds. The smallest absolute Gasteiger partial charge is 0.279 e. The molecule has 2 N–H and O–H groups in total. The zero-order valence-electron chi connectivity index (χ0n) is 17.2. The zero-order chi connectivity index (χ0) is 20.9. The van der Waals surface area contributed by atoms with E-state index >= 15 is 0 Å². The van der Waals surface area contributed by atoms with E-state index in [0.717, 1.165) is 11.4 Å². The third-order valence-corrected chi connectivity index (χ3v) is 6.68. The zero-order valence-corrected chi connectivity index (χ0v) is 18.0. The van der Waals surface area contributed by atoms with Crippen molar-refractivity contribution in [2.24, 2.45) is 0 Å². The van der Waals surface area contributed by atoms with Gasteiger partial charge in [0.15, 0.2) is 6.54 Å². The first-order valence-corrected chi connectivity index (χ1v) is 10.8. The van der Waals surface area contributed by atoms with Crippen LogP contribution in [-0.4, -0.2) is 45.3 Å². The first-order valence-electron chi connectivity index (χ1n) is 9.34. The second-order valence-electron chi connectivity index (χ2n) is 7.48. The Kier molecular flexibility index (Phi) is 7.35. The molecule has 0 radical (unpaired) electrons. The third-order valence-electron chi connectivity index (χ3n) is 4.63. The molecule has 0 saturated carbocycles. The van der Waals surface area contributed by atoms with Gasteiger partial charge in [-0.3, -0.25) is 4.79 Å². The summed E-state index contributed by atoms with van der Waals surface area (Å²) in [6.07, 6.45) is 0. The van der Waals surface area contributed by atoms with E-state index in [1.165, 1.54) is 27.6 Å². The molecule has 0 saturated heterocycles. The first kappa shape index (κ1) is 22.1. The predicted molar refractivity (Wildman–Crippen MR) is 112 cm³/mol. The number of hydrogen-bond donors (Lipinski definition) is 2. The van der Waals surface area contributed by atoms with Gasteiger partial charge in [0, 0.05) is 24.3 Å². The number of amides is 1. The topological polar surface area (TPSA) is 70.9 Å². The van der Waals surface area contributed by atoms with E-state index in [1.54, 1.807) is 19.2 Å². The standard InChI is InChI=1S/C21H29N3O3S/c1-16(2)24(5)28(26,27)20-12-10-19(11-13-20)22-21(25)15-23(4)14-18-8-6-17(3)7-9-18/h6-13,16H,14-15H2,1-5H3,(H,22,25)/p+1. The summed E-state index contributed by atoms with van der Waals surface area (Å²) in [7, 11) is 0.00333. The molecular weight excluding hydrogens is 374 g/mol. The molecule has 6 nitrogen and oxygen atoms in total. The van der Waals surface area contributed by atoms with E-state index in [4.69, 9.17) is 0 Å². The highest BCUT2D eigenvalue weighted by atomic mass is 32.2. The van der Waals surface area contributed by atoms with Crippen LogP contribution in [0, 0.1) is 6.92 Å². The number of carbonyl (C=O) groups excluding carboxylic acids is 1. The molecule has 2 aromatic carbocycles. The lowest BCUT2D eigenvalue weighted by molar-refractivity contribution is -0.885. The molecule has 0 aromatic heterocycles. The molecule has 0 bridgehead atoms. The van der Waals surface area contributed by atoms with Gasteiger partial charge in [0.05, 0.1) is 11.9 Å². The fourth-order valence-corrected chi connectivity index (χ4v) is 4.12. The summed E-state index contributed by atoms with van der Waals surface area (Å²) < 4.78 is 26.3. The van der Waals surface area contributed by atoms with Crippen LogP contribution in [-0.2, 0) is 21.4 Å². The number of nitrogens with one attached hydrogen (secondary N) is 2. The highest BCUT2D eigenvalue weighted by Gasteiger charge is 2.23. The fourth-order valence-electron chi connectivity index (χ4n) is 2.75. The van der Waals surface area contributed by atoms with Gasteiger partial charge >= 0.3 is 0 Å². The van der Waals surface area contributed by atoms with E-state index in [1.807, 2.05) is 27.8 Å². The number of benzene rings is 2. The lowest BCUT2D eigenvalue weighted by Crippen LogP contribution is -3.08. The molecule has 152 valence electrons. The molecule has 2 aromatic rings. The monoisotopic (exact) mass is 404 g/mol. The molecule has 28 heavy (non-hydrogen) atoms. The largest absolute Gasteiger partial charge is 0.326 e. The number of quaternary nitrogens is 1. The van der Waals surface area contributed by atoms with Crippen LogP contribution in [0.3, 0.4) is 0 Å². The Morgan fingerprint density at radius 3 is 2.18 bits per heavy atom. The van der Waals surface area contributed by atoms with E-state index < -0.39 is 10.0 Å². The van der Waals surface area contributed by atoms with E-state index in [9.17, 15) is 13.2 Å². The molecule has 0 aliphatic carbocycles. The van der Waals surface area contributed by atoms with Crippen molar-refractivity contribution in [2.75, 3.05) is 26.0 Å². The van der Waals surface area contributed by atoms with Gasteiger partial charge in [-0.15, -0.1) is 0 Å². The molecule has 0 heterocycles. The van der Waals surface area contributed by atoms with Gasteiger partial charge in [0.2, 0.25) is 10.0 Å². The van der Waals surface area contributed by atoms with Gasteiger partial charge in [-0.25, -0.2) is 8.42 Å². The van der Waals surface area contributed by atoms with Crippen molar-refractivity contribution in [3.8, 4) is 0 Å². The molecule has 0 aliphatic heterocycles. The van der Waals surface area contributed by atoms with E-state index in [2.05, 4.69) is 29.6 Å². The highest BCUT2D eigenvalue weighted by Crippen LogP contribution is 2.18. The van der Waals surface area contributed by atoms with Crippen molar-refractivity contribution in [3.05, 3.63) is 59.7 Å². The lowest BCUT2D eigenvalue weighted by atomic mass is 10.1. The summed E-state index contributed by atoms with van der Waals surface area (Å²) in [5, 5.41) is 2.83. The van der Waals surface area contributed by atoms with Crippen molar-refractivity contribution < 1.29 is 18.1 Å². The maximum atomic E-state index is 12.5. The maximum Gasteiger partial charge on any atom is 0.279 e. The van der Waals surface area contributed by atoms with Crippen molar-refractivity contribution in [3.63, 3.8) is 0 Å².